The first-order valence-electron chi connectivity index (χ1n) is 7.49. The number of nitrogens with zero attached hydrogens (tertiary/aromatic N) is 3. The highest BCUT2D eigenvalue weighted by atomic mass is 16.2. The second-order valence-corrected chi connectivity index (χ2v) is 5.75. The number of fused-ring (bicyclic) bond motifs is 1. The summed E-state index contributed by atoms with van der Waals surface area (Å²) in [6.45, 7) is 4.53. The van der Waals surface area contributed by atoms with Crippen molar-refractivity contribution >= 4 is 11.6 Å². The van der Waals surface area contributed by atoms with Crippen LogP contribution >= 0.6 is 0 Å². The average Bonchev–Trinajstić information content (AvgIpc) is 2.50. The highest BCUT2D eigenvalue weighted by Gasteiger charge is 2.23. The molecule has 5 heteroatoms. The van der Waals surface area contributed by atoms with Crippen LogP contribution in [0.15, 0.2) is 35.1 Å². The van der Waals surface area contributed by atoms with Gasteiger partial charge >= 0.3 is 0 Å². The lowest BCUT2D eigenvalue weighted by Crippen LogP contribution is -2.40. The van der Waals surface area contributed by atoms with Crippen LogP contribution in [0.5, 0.6) is 0 Å². The molecule has 0 saturated heterocycles. The summed E-state index contributed by atoms with van der Waals surface area (Å²) in [6, 6.07) is 9.24. The number of carbonyl (C=O) groups excluding carboxylic acids is 1. The lowest BCUT2D eigenvalue weighted by molar-refractivity contribution is -0.119. The Morgan fingerprint density at radius 3 is 2.86 bits per heavy atom. The van der Waals surface area contributed by atoms with E-state index in [0.717, 1.165) is 24.2 Å². The number of amides is 1. The molecule has 1 amide bonds. The van der Waals surface area contributed by atoms with E-state index in [4.69, 9.17) is 0 Å². The molecule has 114 valence electrons. The Morgan fingerprint density at radius 1 is 1.23 bits per heavy atom. The van der Waals surface area contributed by atoms with Crippen LogP contribution in [0.25, 0.3) is 0 Å². The van der Waals surface area contributed by atoms with Crippen molar-refractivity contribution in [2.75, 3.05) is 11.4 Å². The number of benzene rings is 1. The van der Waals surface area contributed by atoms with Crippen molar-refractivity contribution in [2.45, 2.75) is 33.2 Å². The van der Waals surface area contributed by atoms with Crippen LogP contribution in [0.2, 0.25) is 0 Å². The minimum Gasteiger partial charge on any atom is -0.311 e. The molecular weight excluding hydrogens is 278 g/mol. The largest absolute Gasteiger partial charge is 0.311 e. The van der Waals surface area contributed by atoms with Crippen LogP contribution in [-0.4, -0.2) is 22.2 Å². The van der Waals surface area contributed by atoms with E-state index in [1.54, 1.807) is 17.9 Å². The molecule has 0 fully saturated rings. The third kappa shape index (κ3) is 2.79. The monoisotopic (exact) mass is 297 g/mol. The Hall–Kier alpha value is -2.43. The summed E-state index contributed by atoms with van der Waals surface area (Å²) in [5.41, 5.74) is 3.83. The summed E-state index contributed by atoms with van der Waals surface area (Å²) in [4.78, 5) is 26.2. The molecule has 2 aromatic rings. The van der Waals surface area contributed by atoms with Gasteiger partial charge in [-0.25, -0.2) is 4.68 Å². The van der Waals surface area contributed by atoms with Crippen LogP contribution in [-0.2, 0) is 17.8 Å². The van der Waals surface area contributed by atoms with E-state index in [9.17, 15) is 9.59 Å². The van der Waals surface area contributed by atoms with Gasteiger partial charge in [0, 0.05) is 18.3 Å². The molecule has 0 N–H and O–H groups in total. The van der Waals surface area contributed by atoms with E-state index in [1.807, 2.05) is 12.1 Å². The Balaban J connectivity index is 1.88. The molecule has 0 spiro atoms. The lowest BCUT2D eigenvalue weighted by Gasteiger charge is -2.29. The zero-order chi connectivity index (χ0) is 15.7. The van der Waals surface area contributed by atoms with Crippen LogP contribution in [0.4, 0.5) is 5.69 Å². The predicted octanol–water partition coefficient (Wildman–Crippen LogP) is 1.84. The van der Waals surface area contributed by atoms with E-state index in [-0.39, 0.29) is 18.0 Å². The molecule has 22 heavy (non-hydrogen) atoms. The Morgan fingerprint density at radius 2 is 2.05 bits per heavy atom. The van der Waals surface area contributed by atoms with Gasteiger partial charge in [0.2, 0.25) is 5.91 Å². The van der Waals surface area contributed by atoms with E-state index in [1.165, 1.54) is 21.9 Å². The fraction of sp³-hybridized carbons (Fsp3) is 0.353. The van der Waals surface area contributed by atoms with Crippen LogP contribution in [0.1, 0.15) is 23.2 Å². The molecule has 1 aliphatic heterocycles. The summed E-state index contributed by atoms with van der Waals surface area (Å²) >= 11 is 0. The summed E-state index contributed by atoms with van der Waals surface area (Å²) in [5, 5.41) is 4.13. The van der Waals surface area contributed by atoms with Crippen molar-refractivity contribution < 1.29 is 4.79 Å². The van der Waals surface area contributed by atoms with Crippen LogP contribution in [0.3, 0.4) is 0 Å². The van der Waals surface area contributed by atoms with Gasteiger partial charge in [0.15, 0.2) is 0 Å². The minimum absolute atomic E-state index is 0.0200. The van der Waals surface area contributed by atoms with E-state index < -0.39 is 0 Å². The van der Waals surface area contributed by atoms with E-state index in [0.29, 0.717) is 6.54 Å². The number of hydrogen-bond donors (Lipinski definition) is 0. The second-order valence-electron chi connectivity index (χ2n) is 5.75. The van der Waals surface area contributed by atoms with E-state index in [2.05, 4.69) is 18.1 Å². The highest BCUT2D eigenvalue weighted by Crippen LogP contribution is 2.28. The SMILES string of the molecule is Cc1ccc2c(c1)CCCN2C(=O)Cn1nc(C)ccc1=O. The minimum atomic E-state index is -0.250. The molecule has 5 nitrogen and oxygen atoms in total. The molecule has 1 aromatic heterocycles. The zero-order valence-electron chi connectivity index (χ0n) is 12.9. The maximum Gasteiger partial charge on any atom is 0.267 e. The fourth-order valence-electron chi connectivity index (χ4n) is 2.86. The highest BCUT2D eigenvalue weighted by molar-refractivity contribution is 5.94. The maximum atomic E-state index is 12.6. The van der Waals surface area contributed by atoms with Crippen molar-refractivity contribution in [1.29, 1.82) is 0 Å². The molecule has 0 atom stereocenters. The third-order valence-corrected chi connectivity index (χ3v) is 3.94. The van der Waals surface area contributed by atoms with Crippen molar-refractivity contribution in [1.82, 2.24) is 9.78 Å². The number of rotatable bonds is 2. The molecule has 1 aromatic carbocycles. The number of carbonyl (C=O) groups is 1. The average molecular weight is 297 g/mol. The Bertz CT molecular complexity index is 780. The number of anilines is 1. The van der Waals surface area contributed by atoms with Crippen molar-refractivity contribution in [2.24, 2.45) is 0 Å². The number of aryl methyl sites for hydroxylation is 3. The fourth-order valence-corrected chi connectivity index (χ4v) is 2.86. The molecule has 2 heterocycles. The Kier molecular flexibility index (Phi) is 3.79. The van der Waals surface area contributed by atoms with Gasteiger partial charge in [-0.2, -0.15) is 5.10 Å². The first kappa shape index (κ1) is 14.5. The van der Waals surface area contributed by atoms with Crippen LogP contribution in [0, 0.1) is 13.8 Å². The zero-order valence-corrected chi connectivity index (χ0v) is 12.9. The third-order valence-electron chi connectivity index (χ3n) is 3.94. The summed E-state index contributed by atoms with van der Waals surface area (Å²) in [7, 11) is 0. The number of aromatic nitrogens is 2. The van der Waals surface area contributed by atoms with Gasteiger partial charge in [0.1, 0.15) is 6.54 Å². The normalized spacial score (nSPS) is 13.8. The smallest absolute Gasteiger partial charge is 0.267 e. The maximum absolute atomic E-state index is 12.6. The van der Waals surface area contributed by atoms with Gasteiger partial charge in [0.25, 0.3) is 5.56 Å². The molecule has 3 rings (SSSR count). The van der Waals surface area contributed by atoms with Crippen molar-refractivity contribution in [3.63, 3.8) is 0 Å². The molecular formula is C17H19N3O2. The molecule has 0 aliphatic carbocycles. The second kappa shape index (κ2) is 5.75. The first-order chi connectivity index (χ1) is 10.5. The van der Waals surface area contributed by atoms with Gasteiger partial charge in [0.05, 0.1) is 5.69 Å². The molecule has 1 aliphatic rings. The van der Waals surface area contributed by atoms with Gasteiger partial charge < -0.3 is 4.90 Å². The predicted molar refractivity (Wildman–Crippen MR) is 85.1 cm³/mol. The summed E-state index contributed by atoms with van der Waals surface area (Å²) in [6.07, 6.45) is 1.93. The lowest BCUT2D eigenvalue weighted by atomic mass is 9.99. The standard InChI is InChI=1S/C17H19N3O2/c1-12-5-7-15-14(10-12)4-3-9-19(15)17(22)11-20-16(21)8-6-13(2)18-20/h5-8,10H,3-4,9,11H2,1-2H3. The first-order valence-corrected chi connectivity index (χ1v) is 7.49. The topological polar surface area (TPSA) is 55.2 Å². The molecule has 0 bridgehead atoms. The van der Waals surface area contributed by atoms with Crippen molar-refractivity contribution in [3.05, 3.63) is 57.5 Å². The molecule has 0 saturated carbocycles. The van der Waals surface area contributed by atoms with Gasteiger partial charge in [-0.3, -0.25) is 9.59 Å². The summed E-state index contributed by atoms with van der Waals surface area (Å²) < 4.78 is 1.24. The van der Waals surface area contributed by atoms with Gasteiger partial charge in [-0.15, -0.1) is 0 Å². The molecule has 0 radical (unpaired) electrons. The van der Waals surface area contributed by atoms with Crippen molar-refractivity contribution in [3.8, 4) is 0 Å². The van der Waals surface area contributed by atoms with E-state index >= 15 is 0 Å². The van der Waals surface area contributed by atoms with Crippen LogP contribution < -0.4 is 10.5 Å². The number of hydrogen-bond acceptors (Lipinski definition) is 3. The van der Waals surface area contributed by atoms with Gasteiger partial charge in [-0.1, -0.05) is 17.7 Å². The Labute approximate surface area is 129 Å². The molecule has 0 unspecified atom stereocenters. The summed E-state index contributed by atoms with van der Waals surface area (Å²) in [5.74, 6) is -0.0926. The quantitative estimate of drug-likeness (QED) is 0.850. The van der Waals surface area contributed by atoms with Gasteiger partial charge in [-0.05, 0) is 44.4 Å².